The van der Waals surface area contributed by atoms with E-state index in [4.69, 9.17) is 21.5 Å². The van der Waals surface area contributed by atoms with Gasteiger partial charge < -0.3 is 21.3 Å². The van der Waals surface area contributed by atoms with Crippen LogP contribution in [0.2, 0.25) is 0 Å². The molecule has 7 nitrogen and oxygen atoms in total. The number of nitrogens with zero attached hydrogens (tertiary/aromatic N) is 3. The van der Waals surface area contributed by atoms with Gasteiger partial charge >= 0.3 is 0 Å². The fourth-order valence-electron chi connectivity index (χ4n) is 1.63. The van der Waals surface area contributed by atoms with Gasteiger partial charge in [-0.15, -0.1) is 0 Å². The SMILES string of the molecule is COc1ccc(O)c(-c2nc(N)nc(N)c2C#N)c1. The zero-order chi connectivity index (χ0) is 14.0. The Morgan fingerprint density at radius 3 is 2.68 bits per heavy atom. The average molecular weight is 257 g/mol. The Morgan fingerprint density at radius 1 is 1.32 bits per heavy atom. The predicted molar refractivity (Wildman–Crippen MR) is 69.2 cm³/mol. The second-order valence-electron chi connectivity index (χ2n) is 3.69. The zero-order valence-corrected chi connectivity index (χ0v) is 10.1. The number of phenols is 1. The van der Waals surface area contributed by atoms with Crippen LogP contribution in [-0.4, -0.2) is 22.2 Å². The van der Waals surface area contributed by atoms with Gasteiger partial charge in [0.05, 0.1) is 12.8 Å². The first-order valence-corrected chi connectivity index (χ1v) is 5.27. The van der Waals surface area contributed by atoms with Gasteiger partial charge in [0, 0.05) is 5.56 Å². The lowest BCUT2D eigenvalue weighted by Crippen LogP contribution is -2.05. The Labute approximate surface area is 109 Å². The van der Waals surface area contributed by atoms with E-state index in [1.165, 1.54) is 19.2 Å². The van der Waals surface area contributed by atoms with Crippen molar-refractivity contribution in [2.75, 3.05) is 18.6 Å². The van der Waals surface area contributed by atoms with E-state index < -0.39 is 0 Å². The van der Waals surface area contributed by atoms with Crippen LogP contribution < -0.4 is 16.2 Å². The Kier molecular flexibility index (Phi) is 3.08. The van der Waals surface area contributed by atoms with E-state index in [1.54, 1.807) is 6.07 Å². The second kappa shape index (κ2) is 4.70. The molecule has 0 saturated heterocycles. The van der Waals surface area contributed by atoms with E-state index in [1.807, 2.05) is 6.07 Å². The fourth-order valence-corrected chi connectivity index (χ4v) is 1.63. The zero-order valence-electron chi connectivity index (χ0n) is 10.1. The van der Waals surface area contributed by atoms with E-state index in [9.17, 15) is 5.11 Å². The maximum atomic E-state index is 9.88. The molecule has 2 rings (SSSR count). The summed E-state index contributed by atoms with van der Waals surface area (Å²) in [6, 6.07) is 6.45. The summed E-state index contributed by atoms with van der Waals surface area (Å²) in [6.07, 6.45) is 0. The number of aromatic nitrogens is 2. The van der Waals surface area contributed by atoms with Crippen molar-refractivity contribution < 1.29 is 9.84 Å². The van der Waals surface area contributed by atoms with Crippen LogP contribution in [-0.2, 0) is 0 Å². The van der Waals surface area contributed by atoms with E-state index in [-0.39, 0.29) is 28.8 Å². The largest absolute Gasteiger partial charge is 0.507 e. The molecule has 0 radical (unpaired) electrons. The number of hydrogen-bond acceptors (Lipinski definition) is 7. The second-order valence-corrected chi connectivity index (χ2v) is 3.69. The number of rotatable bonds is 2. The summed E-state index contributed by atoms with van der Waals surface area (Å²) in [4.78, 5) is 7.67. The number of nitriles is 1. The lowest BCUT2D eigenvalue weighted by molar-refractivity contribution is 0.412. The number of anilines is 2. The van der Waals surface area contributed by atoms with Gasteiger partial charge in [-0.05, 0) is 18.2 Å². The van der Waals surface area contributed by atoms with Crippen molar-refractivity contribution in [1.29, 1.82) is 5.26 Å². The minimum absolute atomic E-state index is 0.0350. The smallest absolute Gasteiger partial charge is 0.222 e. The van der Waals surface area contributed by atoms with Crippen LogP contribution in [0.1, 0.15) is 5.56 Å². The Morgan fingerprint density at radius 2 is 2.05 bits per heavy atom. The van der Waals surface area contributed by atoms with Crippen LogP contribution >= 0.6 is 0 Å². The number of hydrogen-bond donors (Lipinski definition) is 3. The van der Waals surface area contributed by atoms with Gasteiger partial charge in [-0.3, -0.25) is 0 Å². The van der Waals surface area contributed by atoms with Crippen LogP contribution in [0.3, 0.4) is 0 Å². The molecule has 2 aromatic rings. The molecule has 0 atom stereocenters. The van der Waals surface area contributed by atoms with Crippen LogP contribution in [0.15, 0.2) is 18.2 Å². The van der Waals surface area contributed by atoms with Gasteiger partial charge in [0.25, 0.3) is 0 Å². The molecular formula is C12H11N5O2. The molecule has 5 N–H and O–H groups in total. The molecule has 0 spiro atoms. The molecule has 1 aromatic heterocycles. The number of ether oxygens (including phenoxy) is 1. The minimum atomic E-state index is -0.0753. The first kappa shape index (κ1) is 12.4. The summed E-state index contributed by atoms with van der Waals surface area (Å²) >= 11 is 0. The number of benzene rings is 1. The molecule has 0 aliphatic rings. The van der Waals surface area contributed by atoms with E-state index >= 15 is 0 Å². The molecule has 0 unspecified atom stereocenters. The average Bonchev–Trinajstić information content (AvgIpc) is 2.38. The number of nitrogen functional groups attached to an aromatic ring is 2. The maximum Gasteiger partial charge on any atom is 0.222 e. The summed E-state index contributed by atoms with van der Waals surface area (Å²) in [5.74, 6) is 0.336. The van der Waals surface area contributed by atoms with Gasteiger partial charge in [-0.1, -0.05) is 0 Å². The summed E-state index contributed by atoms with van der Waals surface area (Å²) in [7, 11) is 1.49. The Hall–Kier alpha value is -3.01. The van der Waals surface area contributed by atoms with E-state index in [0.717, 1.165) is 0 Å². The Balaban J connectivity index is 2.75. The molecule has 0 fully saturated rings. The molecular weight excluding hydrogens is 246 g/mol. The van der Waals surface area contributed by atoms with Crippen molar-refractivity contribution in [3.05, 3.63) is 23.8 Å². The lowest BCUT2D eigenvalue weighted by atomic mass is 10.1. The van der Waals surface area contributed by atoms with Gasteiger partial charge in [0.15, 0.2) is 0 Å². The Bertz CT molecular complexity index is 679. The molecule has 0 aliphatic carbocycles. The third-order valence-corrected chi connectivity index (χ3v) is 2.52. The maximum absolute atomic E-state index is 9.88. The monoisotopic (exact) mass is 257 g/mol. The van der Waals surface area contributed by atoms with Crippen molar-refractivity contribution in [3.63, 3.8) is 0 Å². The summed E-state index contributed by atoms with van der Waals surface area (Å²) in [5, 5.41) is 19.0. The van der Waals surface area contributed by atoms with Crippen molar-refractivity contribution in [3.8, 4) is 28.8 Å². The number of nitrogens with two attached hydrogens (primary N) is 2. The highest BCUT2D eigenvalue weighted by Gasteiger charge is 2.16. The predicted octanol–water partition coefficient (Wildman–Crippen LogP) is 0.894. The number of aromatic hydroxyl groups is 1. The van der Waals surface area contributed by atoms with Crippen LogP contribution in [0.5, 0.6) is 11.5 Å². The molecule has 0 bridgehead atoms. The highest BCUT2D eigenvalue weighted by atomic mass is 16.5. The first-order chi connectivity index (χ1) is 9.06. The molecule has 0 saturated carbocycles. The number of methoxy groups -OCH3 is 1. The molecule has 1 heterocycles. The van der Waals surface area contributed by atoms with Crippen molar-refractivity contribution in [2.24, 2.45) is 0 Å². The van der Waals surface area contributed by atoms with Crippen molar-refractivity contribution in [1.82, 2.24) is 9.97 Å². The van der Waals surface area contributed by atoms with Crippen molar-refractivity contribution in [2.45, 2.75) is 0 Å². The molecule has 1 aromatic carbocycles. The molecule has 7 heteroatoms. The highest BCUT2D eigenvalue weighted by Crippen LogP contribution is 2.34. The standard InChI is InChI=1S/C12H11N5O2/c1-19-6-2-3-9(18)7(4-6)10-8(5-13)11(14)17-12(15)16-10/h2-4,18H,1H3,(H4,14,15,16,17). The number of phenolic OH excluding ortho intramolecular Hbond substituents is 1. The lowest BCUT2D eigenvalue weighted by Gasteiger charge is -2.09. The van der Waals surface area contributed by atoms with Crippen molar-refractivity contribution >= 4 is 11.8 Å². The molecule has 96 valence electrons. The van der Waals surface area contributed by atoms with Crippen LogP contribution in [0.4, 0.5) is 11.8 Å². The summed E-state index contributed by atoms with van der Waals surface area (Å²) < 4.78 is 5.07. The molecule has 0 aliphatic heterocycles. The third-order valence-electron chi connectivity index (χ3n) is 2.52. The highest BCUT2D eigenvalue weighted by molar-refractivity contribution is 5.77. The minimum Gasteiger partial charge on any atom is -0.507 e. The normalized spacial score (nSPS) is 9.89. The molecule has 19 heavy (non-hydrogen) atoms. The fraction of sp³-hybridized carbons (Fsp3) is 0.0833. The van der Waals surface area contributed by atoms with Crippen LogP contribution in [0.25, 0.3) is 11.3 Å². The summed E-state index contributed by atoms with van der Waals surface area (Å²) in [5.41, 5.74) is 11.7. The third kappa shape index (κ3) is 2.19. The van der Waals surface area contributed by atoms with E-state index in [0.29, 0.717) is 11.3 Å². The molecule has 0 amide bonds. The quantitative estimate of drug-likeness (QED) is 0.728. The topological polar surface area (TPSA) is 131 Å². The van der Waals surface area contributed by atoms with Gasteiger partial charge in [-0.2, -0.15) is 10.2 Å². The van der Waals surface area contributed by atoms with Crippen LogP contribution in [0, 0.1) is 11.3 Å². The first-order valence-electron chi connectivity index (χ1n) is 5.27. The summed E-state index contributed by atoms with van der Waals surface area (Å²) in [6.45, 7) is 0. The van der Waals surface area contributed by atoms with Gasteiger partial charge in [-0.25, -0.2) is 4.98 Å². The van der Waals surface area contributed by atoms with Gasteiger partial charge in [0.1, 0.15) is 28.9 Å². The van der Waals surface area contributed by atoms with E-state index in [2.05, 4.69) is 9.97 Å². The van der Waals surface area contributed by atoms with Gasteiger partial charge in [0.2, 0.25) is 5.95 Å².